The minimum atomic E-state index is -0.264. The summed E-state index contributed by atoms with van der Waals surface area (Å²) in [7, 11) is 2.07. The summed E-state index contributed by atoms with van der Waals surface area (Å²) >= 11 is 6.66. The zero-order valence-corrected chi connectivity index (χ0v) is 16.9. The van der Waals surface area contributed by atoms with Crippen LogP contribution in [0.2, 0.25) is 5.02 Å². The molecule has 2 aromatic carbocycles. The van der Waals surface area contributed by atoms with Crippen LogP contribution in [0.1, 0.15) is 53.4 Å². The maximum absolute atomic E-state index is 12.7. The minimum Gasteiger partial charge on any atom is -0.321 e. The minimum absolute atomic E-state index is 0.00614. The molecular formula is C22H24ClN3O. The van der Waals surface area contributed by atoms with Crippen LogP contribution in [0, 0.1) is 11.3 Å². The van der Waals surface area contributed by atoms with Crippen LogP contribution in [-0.4, -0.2) is 24.4 Å². The maximum atomic E-state index is 12.7. The number of carbonyl (C=O) groups excluding carboxylic acids is 1. The summed E-state index contributed by atoms with van der Waals surface area (Å²) in [6.07, 6.45) is 0.755. The maximum Gasteiger partial charge on any atom is 0.255 e. The van der Waals surface area contributed by atoms with E-state index in [1.807, 2.05) is 19.1 Å². The molecule has 0 radical (unpaired) electrons. The number of rotatable bonds is 3. The Bertz CT molecular complexity index is 943. The van der Waals surface area contributed by atoms with Crippen LogP contribution in [0.3, 0.4) is 0 Å². The Morgan fingerprint density at radius 2 is 2.07 bits per heavy atom. The van der Waals surface area contributed by atoms with E-state index in [0.717, 1.165) is 30.6 Å². The third-order valence-corrected chi connectivity index (χ3v) is 5.62. The van der Waals surface area contributed by atoms with E-state index in [0.29, 0.717) is 21.8 Å². The van der Waals surface area contributed by atoms with Crippen molar-refractivity contribution in [3.8, 4) is 6.07 Å². The third-order valence-electron chi connectivity index (χ3n) is 5.19. The highest BCUT2D eigenvalue weighted by Gasteiger charge is 2.32. The SMILES string of the molecule is CCc1ccc(C(=O)Nc2ccc3c(c2Cl)CN(C)CC3(C)C)cc1C#N. The fourth-order valence-electron chi connectivity index (χ4n) is 3.92. The van der Waals surface area contributed by atoms with Crippen molar-refractivity contribution < 1.29 is 4.79 Å². The van der Waals surface area contributed by atoms with E-state index in [4.69, 9.17) is 11.6 Å². The molecule has 1 N–H and O–H groups in total. The Hall–Kier alpha value is -2.35. The molecule has 4 nitrogen and oxygen atoms in total. The largest absolute Gasteiger partial charge is 0.321 e. The van der Waals surface area contributed by atoms with E-state index in [2.05, 4.69) is 43.2 Å². The Kier molecular flexibility index (Phi) is 5.28. The molecule has 140 valence electrons. The molecule has 2 aromatic rings. The van der Waals surface area contributed by atoms with E-state index in [1.54, 1.807) is 12.1 Å². The number of halogens is 1. The average molecular weight is 382 g/mol. The number of carbonyl (C=O) groups is 1. The first-order valence-corrected chi connectivity index (χ1v) is 9.49. The van der Waals surface area contributed by atoms with Crippen molar-refractivity contribution in [3.05, 3.63) is 63.2 Å². The Labute approximate surface area is 165 Å². The van der Waals surface area contributed by atoms with Gasteiger partial charge in [0.25, 0.3) is 5.91 Å². The number of nitrogens with one attached hydrogen (secondary N) is 1. The Morgan fingerprint density at radius 3 is 2.74 bits per heavy atom. The lowest BCUT2D eigenvalue weighted by molar-refractivity contribution is 0.102. The lowest BCUT2D eigenvalue weighted by Crippen LogP contribution is -2.40. The molecule has 0 aromatic heterocycles. The number of benzene rings is 2. The predicted molar refractivity (Wildman–Crippen MR) is 109 cm³/mol. The van der Waals surface area contributed by atoms with Crippen LogP contribution in [0.25, 0.3) is 0 Å². The van der Waals surface area contributed by atoms with E-state index < -0.39 is 0 Å². The molecule has 27 heavy (non-hydrogen) atoms. The third kappa shape index (κ3) is 3.71. The predicted octanol–water partition coefficient (Wildman–Crippen LogP) is 4.75. The van der Waals surface area contributed by atoms with Crippen LogP contribution in [0.4, 0.5) is 5.69 Å². The molecule has 0 saturated heterocycles. The summed E-state index contributed by atoms with van der Waals surface area (Å²) in [5.41, 5.74) is 4.82. The highest BCUT2D eigenvalue weighted by Crippen LogP contribution is 2.39. The molecule has 0 atom stereocenters. The summed E-state index contributed by atoms with van der Waals surface area (Å²) in [6, 6.07) is 11.3. The van der Waals surface area contributed by atoms with Gasteiger partial charge in [-0.25, -0.2) is 0 Å². The Balaban J connectivity index is 1.92. The van der Waals surface area contributed by atoms with Crippen molar-refractivity contribution in [3.63, 3.8) is 0 Å². The van der Waals surface area contributed by atoms with Crippen LogP contribution in [0.15, 0.2) is 30.3 Å². The topological polar surface area (TPSA) is 56.1 Å². The van der Waals surface area contributed by atoms with Crippen molar-refractivity contribution >= 4 is 23.2 Å². The second-order valence-electron chi connectivity index (χ2n) is 7.80. The van der Waals surface area contributed by atoms with Crippen LogP contribution in [-0.2, 0) is 18.4 Å². The summed E-state index contributed by atoms with van der Waals surface area (Å²) in [6.45, 7) is 8.11. The molecule has 1 aliphatic heterocycles. The number of hydrogen-bond donors (Lipinski definition) is 1. The second-order valence-corrected chi connectivity index (χ2v) is 8.18. The molecule has 1 aliphatic rings. The number of anilines is 1. The number of amides is 1. The second kappa shape index (κ2) is 7.34. The fraction of sp³-hybridized carbons (Fsp3) is 0.364. The molecule has 0 fully saturated rings. The number of hydrogen-bond acceptors (Lipinski definition) is 3. The molecule has 3 rings (SSSR count). The molecule has 5 heteroatoms. The van der Waals surface area contributed by atoms with Crippen molar-refractivity contribution in [2.24, 2.45) is 0 Å². The molecule has 0 unspecified atom stereocenters. The summed E-state index contributed by atoms with van der Waals surface area (Å²) in [4.78, 5) is 14.9. The van der Waals surface area contributed by atoms with E-state index in [-0.39, 0.29) is 11.3 Å². The van der Waals surface area contributed by atoms with Crippen LogP contribution >= 0.6 is 11.6 Å². The molecule has 0 aliphatic carbocycles. The highest BCUT2D eigenvalue weighted by atomic mass is 35.5. The van der Waals surface area contributed by atoms with Gasteiger partial charge < -0.3 is 10.2 Å². The zero-order valence-electron chi connectivity index (χ0n) is 16.2. The van der Waals surface area contributed by atoms with Crippen molar-refractivity contribution in [2.75, 3.05) is 18.9 Å². The van der Waals surface area contributed by atoms with Gasteiger partial charge in [-0.05, 0) is 48.4 Å². The van der Waals surface area contributed by atoms with Crippen LogP contribution in [0.5, 0.6) is 0 Å². The summed E-state index contributed by atoms with van der Waals surface area (Å²) in [5, 5.41) is 12.8. The Morgan fingerprint density at radius 1 is 1.33 bits per heavy atom. The van der Waals surface area contributed by atoms with Crippen LogP contribution < -0.4 is 5.32 Å². The van der Waals surface area contributed by atoms with Gasteiger partial charge in [0.15, 0.2) is 0 Å². The smallest absolute Gasteiger partial charge is 0.255 e. The fourth-order valence-corrected chi connectivity index (χ4v) is 4.19. The monoisotopic (exact) mass is 381 g/mol. The first-order chi connectivity index (χ1) is 12.8. The standard InChI is InChI=1S/C22H24ClN3O/c1-5-14-6-7-15(10-16(14)11-24)21(27)25-19-9-8-18-17(20(19)23)12-26(4)13-22(18,2)3/h6-10H,5,12-13H2,1-4H3,(H,25,27). The van der Waals surface area contributed by atoms with Gasteiger partial charge in [-0.15, -0.1) is 0 Å². The molecular weight excluding hydrogens is 358 g/mol. The van der Waals surface area contributed by atoms with Gasteiger partial charge >= 0.3 is 0 Å². The number of likely N-dealkylation sites (N-methyl/N-ethyl adjacent to an activating group) is 1. The van der Waals surface area contributed by atoms with Gasteiger partial charge in [-0.1, -0.05) is 44.5 Å². The van der Waals surface area contributed by atoms with Crippen molar-refractivity contribution in [1.29, 1.82) is 5.26 Å². The number of nitriles is 1. The zero-order chi connectivity index (χ0) is 19.8. The first kappa shape index (κ1) is 19.4. The van der Waals surface area contributed by atoms with Gasteiger partial charge in [-0.2, -0.15) is 5.26 Å². The molecule has 0 spiro atoms. The lowest BCUT2D eigenvalue weighted by Gasteiger charge is -2.39. The summed E-state index contributed by atoms with van der Waals surface area (Å²) in [5.74, 6) is -0.264. The van der Waals surface area contributed by atoms with Gasteiger partial charge in [-0.3, -0.25) is 4.79 Å². The van der Waals surface area contributed by atoms with Gasteiger partial charge in [0.05, 0.1) is 22.3 Å². The lowest BCUT2D eigenvalue weighted by atomic mass is 9.78. The molecule has 0 saturated carbocycles. The molecule has 1 amide bonds. The van der Waals surface area contributed by atoms with Gasteiger partial charge in [0.1, 0.15) is 0 Å². The van der Waals surface area contributed by atoms with Gasteiger partial charge in [0, 0.05) is 24.1 Å². The average Bonchev–Trinajstić information content (AvgIpc) is 2.62. The van der Waals surface area contributed by atoms with Crippen molar-refractivity contribution in [2.45, 2.75) is 39.2 Å². The number of aryl methyl sites for hydroxylation is 1. The number of nitrogens with zero attached hydrogens (tertiary/aromatic N) is 2. The summed E-state index contributed by atoms with van der Waals surface area (Å²) < 4.78 is 0. The van der Waals surface area contributed by atoms with E-state index >= 15 is 0 Å². The molecule has 0 bridgehead atoms. The normalized spacial score (nSPS) is 15.7. The molecule has 1 heterocycles. The first-order valence-electron chi connectivity index (χ1n) is 9.11. The van der Waals surface area contributed by atoms with E-state index in [9.17, 15) is 10.1 Å². The quantitative estimate of drug-likeness (QED) is 0.834. The number of fused-ring (bicyclic) bond motifs is 1. The highest BCUT2D eigenvalue weighted by molar-refractivity contribution is 6.34. The van der Waals surface area contributed by atoms with Crippen molar-refractivity contribution in [1.82, 2.24) is 4.90 Å². The van der Waals surface area contributed by atoms with E-state index in [1.165, 1.54) is 5.56 Å². The van der Waals surface area contributed by atoms with Gasteiger partial charge in [0.2, 0.25) is 0 Å².